The van der Waals surface area contributed by atoms with Crippen LogP contribution in [-0.2, 0) is 28.9 Å². The summed E-state index contributed by atoms with van der Waals surface area (Å²) in [5.74, 6) is 0.198. The summed E-state index contributed by atoms with van der Waals surface area (Å²) in [4.78, 5) is 27.1. The van der Waals surface area contributed by atoms with E-state index in [1.807, 2.05) is 34.9 Å². The molecule has 170 valence electrons. The lowest BCUT2D eigenvalue weighted by atomic mass is 9.95. The molecule has 8 nitrogen and oxygen atoms in total. The van der Waals surface area contributed by atoms with E-state index in [1.165, 1.54) is 11.3 Å². The molecule has 1 N–H and O–H groups in total. The third kappa shape index (κ3) is 4.04. The Morgan fingerprint density at radius 3 is 2.82 bits per heavy atom. The van der Waals surface area contributed by atoms with Crippen LogP contribution in [0.4, 0.5) is 5.00 Å². The Morgan fingerprint density at radius 2 is 2.03 bits per heavy atom. The largest absolute Gasteiger partial charge is 0.462 e. The summed E-state index contributed by atoms with van der Waals surface area (Å²) in [6.07, 6.45) is 3.88. The smallest absolute Gasteiger partial charge is 0.341 e. The molecule has 3 heterocycles. The predicted octanol–water partition coefficient (Wildman–Crippen LogP) is 4.76. The first-order chi connectivity index (χ1) is 16.0. The second-order valence-corrected chi connectivity index (χ2v) is 9.09. The third-order valence-corrected chi connectivity index (χ3v) is 6.97. The molecule has 0 aliphatic heterocycles. The number of amides is 1. The number of fused-ring (bicyclic) bond motifs is 2. The maximum absolute atomic E-state index is 13.2. The van der Waals surface area contributed by atoms with Crippen LogP contribution in [0.5, 0.6) is 0 Å². The highest BCUT2D eigenvalue weighted by Gasteiger charge is 2.27. The van der Waals surface area contributed by atoms with Crippen molar-refractivity contribution in [1.82, 2.24) is 14.8 Å². The van der Waals surface area contributed by atoms with Gasteiger partial charge in [-0.05, 0) is 50.3 Å². The van der Waals surface area contributed by atoms with Gasteiger partial charge < -0.3 is 19.0 Å². The fourth-order valence-electron chi connectivity index (χ4n) is 4.34. The molecule has 0 atom stereocenters. The second-order valence-electron chi connectivity index (χ2n) is 7.98. The summed E-state index contributed by atoms with van der Waals surface area (Å²) in [5, 5.41) is 12.6. The minimum Gasteiger partial charge on any atom is -0.462 e. The van der Waals surface area contributed by atoms with Crippen molar-refractivity contribution in [2.75, 3.05) is 11.9 Å². The number of thiophene rings is 1. The zero-order chi connectivity index (χ0) is 22.9. The van der Waals surface area contributed by atoms with E-state index < -0.39 is 0 Å². The van der Waals surface area contributed by atoms with Gasteiger partial charge in [-0.3, -0.25) is 4.79 Å². The van der Waals surface area contributed by atoms with E-state index in [0.717, 1.165) is 47.0 Å². The van der Waals surface area contributed by atoms with Gasteiger partial charge in [0.05, 0.1) is 12.2 Å². The Balaban J connectivity index is 1.48. The molecule has 1 aliphatic rings. The molecule has 0 spiro atoms. The normalized spacial score (nSPS) is 13.2. The first-order valence-corrected chi connectivity index (χ1v) is 11.9. The number of nitrogens with zero attached hydrogens (tertiary/aromatic N) is 3. The number of carbonyl (C=O) groups excluding carboxylic acids is 2. The lowest BCUT2D eigenvalue weighted by Crippen LogP contribution is -2.20. The standard InChI is InChI=1S/C24H24N4O4S/c1-3-31-24(30)21-16-9-5-7-11-19(16)33-23(21)25-20(29)13-28-17-10-6-4-8-15(17)12-18(28)22-27-26-14(2)32-22/h4,6,8,10,12H,3,5,7,9,11,13H2,1-2H3,(H,25,29). The van der Waals surface area contributed by atoms with Crippen molar-refractivity contribution in [2.24, 2.45) is 0 Å². The molecule has 5 rings (SSSR count). The molecular weight excluding hydrogens is 440 g/mol. The van der Waals surface area contributed by atoms with Crippen molar-refractivity contribution in [3.63, 3.8) is 0 Å². The van der Waals surface area contributed by atoms with Crippen LogP contribution in [0.15, 0.2) is 34.7 Å². The minimum atomic E-state index is -0.374. The van der Waals surface area contributed by atoms with E-state index in [2.05, 4.69) is 15.5 Å². The van der Waals surface area contributed by atoms with Gasteiger partial charge in [0.25, 0.3) is 5.89 Å². The Hall–Kier alpha value is -3.46. The number of hydrogen-bond acceptors (Lipinski definition) is 7. The van der Waals surface area contributed by atoms with Gasteiger partial charge in [0.15, 0.2) is 0 Å². The number of aryl methyl sites for hydroxylation is 2. The van der Waals surface area contributed by atoms with Gasteiger partial charge in [-0.15, -0.1) is 21.5 Å². The summed E-state index contributed by atoms with van der Waals surface area (Å²) >= 11 is 1.48. The molecule has 0 saturated heterocycles. The molecule has 1 amide bonds. The third-order valence-electron chi connectivity index (χ3n) is 5.76. The highest BCUT2D eigenvalue weighted by Crippen LogP contribution is 2.38. The van der Waals surface area contributed by atoms with Crippen LogP contribution in [-0.4, -0.2) is 33.2 Å². The van der Waals surface area contributed by atoms with Crippen LogP contribution >= 0.6 is 11.3 Å². The van der Waals surface area contributed by atoms with Crippen molar-refractivity contribution >= 4 is 39.1 Å². The molecule has 1 aromatic carbocycles. The number of benzene rings is 1. The fourth-order valence-corrected chi connectivity index (χ4v) is 5.63. The van der Waals surface area contributed by atoms with E-state index in [0.29, 0.717) is 34.6 Å². The maximum atomic E-state index is 13.2. The van der Waals surface area contributed by atoms with E-state index >= 15 is 0 Å². The van der Waals surface area contributed by atoms with Crippen LogP contribution in [0.25, 0.3) is 22.5 Å². The number of anilines is 1. The van der Waals surface area contributed by atoms with Gasteiger partial charge in [-0.25, -0.2) is 4.79 Å². The molecule has 0 bridgehead atoms. The molecule has 33 heavy (non-hydrogen) atoms. The van der Waals surface area contributed by atoms with Crippen LogP contribution in [0, 0.1) is 6.92 Å². The summed E-state index contributed by atoms with van der Waals surface area (Å²) < 4.78 is 12.8. The van der Waals surface area contributed by atoms with Gasteiger partial charge in [0.2, 0.25) is 11.8 Å². The Labute approximate surface area is 194 Å². The molecule has 0 radical (unpaired) electrons. The van der Waals surface area contributed by atoms with Gasteiger partial charge >= 0.3 is 5.97 Å². The van der Waals surface area contributed by atoms with E-state index in [1.54, 1.807) is 13.8 Å². The quantitative estimate of drug-likeness (QED) is 0.413. The number of ether oxygens (including phenoxy) is 1. The molecular formula is C24H24N4O4S. The number of aromatic nitrogens is 3. The Bertz CT molecular complexity index is 1350. The first kappa shape index (κ1) is 21.4. The van der Waals surface area contributed by atoms with Gasteiger partial charge in [-0.2, -0.15) is 0 Å². The van der Waals surface area contributed by atoms with E-state index in [-0.39, 0.29) is 18.4 Å². The highest BCUT2D eigenvalue weighted by atomic mass is 32.1. The number of rotatable bonds is 6. The Kier molecular flexibility index (Phi) is 5.72. The summed E-state index contributed by atoms with van der Waals surface area (Å²) in [6.45, 7) is 3.84. The average molecular weight is 465 g/mol. The number of esters is 1. The maximum Gasteiger partial charge on any atom is 0.341 e. The number of para-hydroxylation sites is 1. The van der Waals surface area contributed by atoms with Crippen LogP contribution < -0.4 is 5.32 Å². The first-order valence-electron chi connectivity index (χ1n) is 11.1. The molecule has 0 fully saturated rings. The van der Waals surface area contributed by atoms with E-state index in [4.69, 9.17) is 9.15 Å². The van der Waals surface area contributed by atoms with Crippen LogP contribution in [0.2, 0.25) is 0 Å². The predicted molar refractivity (Wildman–Crippen MR) is 126 cm³/mol. The Morgan fingerprint density at radius 1 is 1.21 bits per heavy atom. The van der Waals surface area contributed by atoms with Crippen molar-refractivity contribution in [1.29, 1.82) is 0 Å². The lowest BCUT2D eigenvalue weighted by molar-refractivity contribution is -0.116. The van der Waals surface area contributed by atoms with Crippen LogP contribution in [0.1, 0.15) is 46.5 Å². The van der Waals surface area contributed by atoms with Crippen molar-refractivity contribution in [3.05, 3.63) is 52.2 Å². The molecule has 0 unspecified atom stereocenters. The van der Waals surface area contributed by atoms with E-state index in [9.17, 15) is 9.59 Å². The van der Waals surface area contributed by atoms with Gasteiger partial charge in [0, 0.05) is 22.7 Å². The van der Waals surface area contributed by atoms with Crippen LogP contribution in [0.3, 0.4) is 0 Å². The van der Waals surface area contributed by atoms with Crippen molar-refractivity contribution in [2.45, 2.75) is 46.1 Å². The molecule has 9 heteroatoms. The number of hydrogen-bond donors (Lipinski definition) is 1. The SMILES string of the molecule is CCOC(=O)c1c(NC(=O)Cn2c(-c3nnc(C)o3)cc3ccccc32)sc2c1CCCC2. The lowest BCUT2D eigenvalue weighted by Gasteiger charge is -2.12. The minimum absolute atomic E-state index is 0.0368. The van der Waals surface area contributed by atoms with Gasteiger partial charge in [0.1, 0.15) is 17.2 Å². The fraction of sp³-hybridized carbons (Fsp3) is 0.333. The van der Waals surface area contributed by atoms with Crippen molar-refractivity contribution in [3.8, 4) is 11.6 Å². The highest BCUT2D eigenvalue weighted by molar-refractivity contribution is 7.17. The molecule has 1 aliphatic carbocycles. The zero-order valence-corrected chi connectivity index (χ0v) is 19.3. The second kappa shape index (κ2) is 8.82. The monoisotopic (exact) mass is 464 g/mol. The van der Waals surface area contributed by atoms with Crippen molar-refractivity contribution < 1.29 is 18.7 Å². The number of nitrogens with one attached hydrogen (secondary N) is 1. The summed E-state index contributed by atoms with van der Waals surface area (Å²) in [6, 6.07) is 9.72. The summed E-state index contributed by atoms with van der Waals surface area (Å²) in [7, 11) is 0. The van der Waals surface area contributed by atoms with Gasteiger partial charge in [-0.1, -0.05) is 18.2 Å². The molecule has 4 aromatic rings. The topological polar surface area (TPSA) is 99.2 Å². The molecule has 0 saturated carbocycles. The molecule has 3 aromatic heterocycles. The number of carbonyl (C=O) groups is 2. The zero-order valence-electron chi connectivity index (χ0n) is 18.5. The summed E-state index contributed by atoms with van der Waals surface area (Å²) in [5.41, 5.74) is 3.08. The average Bonchev–Trinajstić information content (AvgIpc) is 3.49.